The fourth-order valence-corrected chi connectivity index (χ4v) is 1.91. The zero-order chi connectivity index (χ0) is 12.4. The van der Waals surface area contributed by atoms with Gasteiger partial charge in [0.2, 0.25) is 0 Å². The molecule has 0 amide bonds. The van der Waals surface area contributed by atoms with Crippen molar-refractivity contribution in [2.24, 2.45) is 0 Å². The first-order chi connectivity index (χ1) is 8.13. The molecule has 2 rings (SSSR count). The number of phenols is 1. The Labute approximate surface area is 105 Å². The van der Waals surface area contributed by atoms with Crippen LogP contribution in [-0.2, 0) is 0 Å². The summed E-state index contributed by atoms with van der Waals surface area (Å²) in [6.45, 7) is 1.86. The zero-order valence-electron chi connectivity index (χ0n) is 9.70. The summed E-state index contributed by atoms with van der Waals surface area (Å²) >= 11 is 6.08. The van der Waals surface area contributed by atoms with Crippen molar-refractivity contribution < 1.29 is 9.84 Å². The van der Waals surface area contributed by atoms with Crippen LogP contribution < -0.4 is 4.74 Å². The molecule has 3 heteroatoms. The van der Waals surface area contributed by atoms with E-state index in [4.69, 9.17) is 16.3 Å². The summed E-state index contributed by atoms with van der Waals surface area (Å²) < 4.78 is 5.27. The van der Waals surface area contributed by atoms with E-state index in [9.17, 15) is 5.11 Å². The van der Waals surface area contributed by atoms with Crippen molar-refractivity contribution in [3.63, 3.8) is 0 Å². The number of para-hydroxylation sites is 1. The first kappa shape index (κ1) is 11.8. The van der Waals surface area contributed by atoms with Gasteiger partial charge in [-0.05, 0) is 30.7 Å². The third kappa shape index (κ3) is 2.22. The number of rotatable bonds is 2. The second-order valence-electron chi connectivity index (χ2n) is 3.82. The lowest BCUT2D eigenvalue weighted by molar-refractivity contribution is 0.415. The predicted molar refractivity (Wildman–Crippen MR) is 69.8 cm³/mol. The summed E-state index contributed by atoms with van der Waals surface area (Å²) in [4.78, 5) is 0. The standard InChI is InChI=1S/C14H13ClO2/c1-9-7-13(16)11(8-12(9)15)10-5-3-4-6-14(10)17-2/h3-8,16H,1-2H3. The van der Waals surface area contributed by atoms with Crippen LogP contribution in [0.3, 0.4) is 0 Å². The van der Waals surface area contributed by atoms with Crippen molar-refractivity contribution in [1.29, 1.82) is 0 Å². The van der Waals surface area contributed by atoms with Crippen molar-refractivity contribution in [3.8, 4) is 22.6 Å². The minimum absolute atomic E-state index is 0.205. The zero-order valence-corrected chi connectivity index (χ0v) is 10.5. The monoisotopic (exact) mass is 248 g/mol. The van der Waals surface area contributed by atoms with E-state index in [1.807, 2.05) is 31.2 Å². The highest BCUT2D eigenvalue weighted by Gasteiger charge is 2.11. The summed E-state index contributed by atoms with van der Waals surface area (Å²) in [7, 11) is 1.60. The van der Waals surface area contributed by atoms with Gasteiger partial charge in [0, 0.05) is 16.1 Å². The Morgan fingerprint density at radius 2 is 1.82 bits per heavy atom. The van der Waals surface area contributed by atoms with Crippen molar-refractivity contribution in [1.82, 2.24) is 0 Å². The van der Waals surface area contributed by atoms with Gasteiger partial charge in [0.25, 0.3) is 0 Å². The van der Waals surface area contributed by atoms with Crippen LogP contribution >= 0.6 is 11.6 Å². The van der Waals surface area contributed by atoms with E-state index in [1.165, 1.54) is 0 Å². The molecule has 88 valence electrons. The number of hydrogen-bond acceptors (Lipinski definition) is 2. The molecular formula is C14H13ClO2. The summed E-state index contributed by atoms with van der Waals surface area (Å²) in [6.07, 6.45) is 0. The average Bonchev–Trinajstić information content (AvgIpc) is 2.34. The number of aryl methyl sites for hydroxylation is 1. The van der Waals surface area contributed by atoms with Crippen LogP contribution in [0.1, 0.15) is 5.56 Å². The molecule has 0 aliphatic rings. The van der Waals surface area contributed by atoms with Gasteiger partial charge in [0.15, 0.2) is 0 Å². The van der Waals surface area contributed by atoms with Crippen LogP contribution in [0.2, 0.25) is 5.02 Å². The smallest absolute Gasteiger partial charge is 0.126 e. The van der Waals surface area contributed by atoms with Crippen molar-refractivity contribution in [3.05, 3.63) is 47.0 Å². The van der Waals surface area contributed by atoms with Crippen LogP contribution in [0.4, 0.5) is 0 Å². The van der Waals surface area contributed by atoms with Crippen LogP contribution in [0, 0.1) is 6.92 Å². The van der Waals surface area contributed by atoms with Crippen LogP contribution in [0.5, 0.6) is 11.5 Å². The fourth-order valence-electron chi connectivity index (χ4n) is 1.75. The van der Waals surface area contributed by atoms with E-state index in [0.29, 0.717) is 16.3 Å². The third-order valence-electron chi connectivity index (χ3n) is 2.67. The van der Waals surface area contributed by atoms with Gasteiger partial charge in [-0.3, -0.25) is 0 Å². The Balaban J connectivity index is 2.64. The SMILES string of the molecule is COc1ccccc1-c1cc(Cl)c(C)cc1O. The van der Waals surface area contributed by atoms with Gasteiger partial charge in [-0.2, -0.15) is 0 Å². The maximum Gasteiger partial charge on any atom is 0.126 e. The summed E-state index contributed by atoms with van der Waals surface area (Å²) in [5, 5.41) is 10.6. The highest BCUT2D eigenvalue weighted by molar-refractivity contribution is 6.31. The number of phenolic OH excluding ortho intramolecular Hbond substituents is 1. The first-order valence-corrected chi connectivity index (χ1v) is 5.63. The number of methoxy groups -OCH3 is 1. The minimum atomic E-state index is 0.205. The quantitative estimate of drug-likeness (QED) is 0.870. The van der Waals surface area contributed by atoms with Crippen LogP contribution in [0.25, 0.3) is 11.1 Å². The van der Waals surface area contributed by atoms with E-state index in [1.54, 1.807) is 19.2 Å². The van der Waals surface area contributed by atoms with Crippen molar-refractivity contribution in [2.45, 2.75) is 6.92 Å². The largest absolute Gasteiger partial charge is 0.507 e. The Morgan fingerprint density at radius 1 is 1.12 bits per heavy atom. The van der Waals surface area contributed by atoms with Gasteiger partial charge in [-0.15, -0.1) is 0 Å². The van der Waals surface area contributed by atoms with E-state index in [0.717, 1.165) is 11.1 Å². The second-order valence-corrected chi connectivity index (χ2v) is 4.23. The van der Waals surface area contributed by atoms with E-state index in [2.05, 4.69) is 0 Å². The molecule has 0 aliphatic carbocycles. The number of halogens is 1. The lowest BCUT2D eigenvalue weighted by atomic mass is 10.0. The van der Waals surface area contributed by atoms with Gasteiger partial charge < -0.3 is 9.84 Å². The number of ether oxygens (including phenoxy) is 1. The van der Waals surface area contributed by atoms with E-state index < -0.39 is 0 Å². The molecule has 0 heterocycles. The molecule has 2 nitrogen and oxygen atoms in total. The summed E-state index contributed by atoms with van der Waals surface area (Å²) in [5.41, 5.74) is 2.36. The molecule has 2 aromatic carbocycles. The second kappa shape index (κ2) is 4.68. The fraction of sp³-hybridized carbons (Fsp3) is 0.143. The third-order valence-corrected chi connectivity index (χ3v) is 3.08. The Kier molecular flexibility index (Phi) is 3.25. The van der Waals surface area contributed by atoms with E-state index >= 15 is 0 Å². The maximum atomic E-state index is 9.97. The molecule has 0 saturated carbocycles. The molecule has 17 heavy (non-hydrogen) atoms. The normalized spacial score (nSPS) is 10.3. The molecule has 0 aromatic heterocycles. The van der Waals surface area contributed by atoms with Gasteiger partial charge in [0.05, 0.1) is 7.11 Å². The van der Waals surface area contributed by atoms with E-state index in [-0.39, 0.29) is 5.75 Å². The van der Waals surface area contributed by atoms with Gasteiger partial charge in [-0.25, -0.2) is 0 Å². The topological polar surface area (TPSA) is 29.5 Å². The highest BCUT2D eigenvalue weighted by atomic mass is 35.5. The Bertz CT molecular complexity index is 550. The molecule has 0 spiro atoms. The van der Waals surface area contributed by atoms with Crippen molar-refractivity contribution >= 4 is 11.6 Å². The summed E-state index contributed by atoms with van der Waals surface area (Å²) in [6, 6.07) is 10.9. The molecule has 0 saturated heterocycles. The lowest BCUT2D eigenvalue weighted by Gasteiger charge is -2.11. The first-order valence-electron chi connectivity index (χ1n) is 5.26. The van der Waals surface area contributed by atoms with Crippen molar-refractivity contribution in [2.75, 3.05) is 7.11 Å². The number of benzene rings is 2. The Morgan fingerprint density at radius 3 is 2.53 bits per heavy atom. The maximum absolute atomic E-state index is 9.97. The molecule has 0 fully saturated rings. The lowest BCUT2D eigenvalue weighted by Crippen LogP contribution is -1.88. The number of aromatic hydroxyl groups is 1. The molecule has 0 aliphatic heterocycles. The van der Waals surface area contributed by atoms with Gasteiger partial charge >= 0.3 is 0 Å². The molecule has 2 aromatic rings. The molecule has 0 bridgehead atoms. The van der Waals surface area contributed by atoms with Gasteiger partial charge in [0.1, 0.15) is 11.5 Å². The molecule has 0 radical (unpaired) electrons. The van der Waals surface area contributed by atoms with Gasteiger partial charge in [-0.1, -0.05) is 29.8 Å². The minimum Gasteiger partial charge on any atom is -0.507 e. The Hall–Kier alpha value is -1.67. The number of hydrogen-bond donors (Lipinski definition) is 1. The molecule has 1 N–H and O–H groups in total. The predicted octanol–water partition coefficient (Wildman–Crippen LogP) is 4.03. The summed E-state index contributed by atoms with van der Waals surface area (Å²) in [5.74, 6) is 0.916. The highest BCUT2D eigenvalue weighted by Crippen LogP contribution is 2.38. The molecule has 0 atom stereocenters. The van der Waals surface area contributed by atoms with Crippen LogP contribution in [-0.4, -0.2) is 12.2 Å². The molecular weight excluding hydrogens is 236 g/mol. The molecule has 0 unspecified atom stereocenters. The average molecular weight is 249 g/mol. The van der Waals surface area contributed by atoms with Crippen LogP contribution in [0.15, 0.2) is 36.4 Å².